The molecule has 6 nitrogen and oxygen atoms in total. The summed E-state index contributed by atoms with van der Waals surface area (Å²) in [4.78, 5) is 22.0. The van der Waals surface area contributed by atoms with Gasteiger partial charge in [0.25, 0.3) is 11.6 Å². The molecular formula is C14H10Br2N2O4. The number of rotatable bonds is 5. The van der Waals surface area contributed by atoms with Crippen LogP contribution in [-0.4, -0.2) is 17.4 Å². The monoisotopic (exact) mass is 428 g/mol. The fourth-order valence-corrected chi connectivity index (χ4v) is 2.48. The predicted octanol–water partition coefficient (Wildman–Crippen LogP) is 4.14. The van der Waals surface area contributed by atoms with E-state index >= 15 is 0 Å². The van der Waals surface area contributed by atoms with Crippen LogP contribution in [0.3, 0.4) is 0 Å². The summed E-state index contributed by atoms with van der Waals surface area (Å²) in [5, 5.41) is 13.3. The van der Waals surface area contributed by atoms with E-state index in [0.717, 1.165) is 4.47 Å². The largest absolute Gasteiger partial charge is 0.483 e. The molecule has 8 heteroatoms. The first-order valence-corrected chi connectivity index (χ1v) is 7.67. The number of carbonyl (C=O) groups is 1. The Labute approximate surface area is 142 Å². The minimum absolute atomic E-state index is 0.0608. The number of ether oxygens (including phenoxy) is 1. The highest BCUT2D eigenvalue weighted by atomic mass is 79.9. The normalized spacial score (nSPS) is 10.1. The van der Waals surface area contributed by atoms with Gasteiger partial charge in [-0.25, -0.2) is 0 Å². The molecule has 0 aliphatic carbocycles. The zero-order valence-corrected chi connectivity index (χ0v) is 14.3. The lowest BCUT2D eigenvalue weighted by molar-refractivity contribution is -0.384. The van der Waals surface area contributed by atoms with Gasteiger partial charge in [-0.1, -0.05) is 12.1 Å². The van der Waals surface area contributed by atoms with E-state index in [2.05, 4.69) is 37.2 Å². The summed E-state index contributed by atoms with van der Waals surface area (Å²) in [7, 11) is 0. The highest BCUT2D eigenvalue weighted by molar-refractivity contribution is 9.11. The Morgan fingerprint density at radius 2 is 1.91 bits per heavy atom. The molecule has 0 heterocycles. The van der Waals surface area contributed by atoms with Gasteiger partial charge < -0.3 is 10.1 Å². The summed E-state index contributed by atoms with van der Waals surface area (Å²) in [6, 6.07) is 11.3. The van der Waals surface area contributed by atoms with E-state index in [-0.39, 0.29) is 18.2 Å². The Hall–Kier alpha value is -1.93. The molecule has 0 atom stereocenters. The van der Waals surface area contributed by atoms with Crippen LogP contribution in [0.5, 0.6) is 5.75 Å². The van der Waals surface area contributed by atoms with Crippen molar-refractivity contribution in [3.05, 3.63) is 61.5 Å². The SMILES string of the molecule is O=C(COc1ccccc1Br)Nc1ccc([N+](=O)[O-])cc1Br. The second kappa shape index (κ2) is 7.37. The first-order valence-electron chi connectivity index (χ1n) is 6.08. The average molecular weight is 430 g/mol. The number of nitro groups is 1. The molecule has 1 N–H and O–H groups in total. The van der Waals surface area contributed by atoms with Crippen LogP contribution < -0.4 is 10.1 Å². The number of hydrogen-bond acceptors (Lipinski definition) is 4. The molecule has 0 saturated carbocycles. The third-order valence-electron chi connectivity index (χ3n) is 2.63. The Morgan fingerprint density at radius 3 is 2.55 bits per heavy atom. The van der Waals surface area contributed by atoms with Gasteiger partial charge in [0.05, 0.1) is 15.1 Å². The van der Waals surface area contributed by atoms with Crippen LogP contribution in [0.15, 0.2) is 51.4 Å². The van der Waals surface area contributed by atoms with Crippen molar-refractivity contribution in [3.63, 3.8) is 0 Å². The van der Waals surface area contributed by atoms with Gasteiger partial charge in [0.15, 0.2) is 6.61 Å². The maximum Gasteiger partial charge on any atom is 0.270 e. The molecule has 0 fully saturated rings. The van der Waals surface area contributed by atoms with Crippen molar-refractivity contribution in [3.8, 4) is 5.75 Å². The van der Waals surface area contributed by atoms with E-state index in [1.54, 1.807) is 18.2 Å². The maximum atomic E-state index is 11.9. The van der Waals surface area contributed by atoms with Gasteiger partial charge in [0.1, 0.15) is 5.75 Å². The molecule has 0 unspecified atom stereocenters. The molecular weight excluding hydrogens is 420 g/mol. The van der Waals surface area contributed by atoms with Gasteiger partial charge in [-0.3, -0.25) is 14.9 Å². The number of benzene rings is 2. The van der Waals surface area contributed by atoms with E-state index in [9.17, 15) is 14.9 Å². The molecule has 22 heavy (non-hydrogen) atoms. The lowest BCUT2D eigenvalue weighted by atomic mass is 10.3. The first kappa shape index (κ1) is 16.4. The average Bonchev–Trinajstić information content (AvgIpc) is 2.48. The zero-order valence-electron chi connectivity index (χ0n) is 11.1. The number of hydrogen-bond donors (Lipinski definition) is 1. The number of carbonyl (C=O) groups excluding carboxylic acids is 1. The summed E-state index contributed by atoms with van der Waals surface area (Å²) < 4.78 is 6.57. The van der Waals surface area contributed by atoms with Crippen molar-refractivity contribution < 1.29 is 14.5 Å². The summed E-state index contributed by atoms with van der Waals surface area (Å²) in [5.41, 5.74) is 0.376. The number of nitrogens with one attached hydrogen (secondary N) is 1. The van der Waals surface area contributed by atoms with Crippen LogP contribution in [0.2, 0.25) is 0 Å². The summed E-state index contributed by atoms with van der Waals surface area (Å²) in [6.07, 6.45) is 0. The Morgan fingerprint density at radius 1 is 1.18 bits per heavy atom. The van der Waals surface area contributed by atoms with Crippen LogP contribution in [0, 0.1) is 10.1 Å². The molecule has 114 valence electrons. The number of non-ortho nitro benzene ring substituents is 1. The third kappa shape index (κ3) is 4.28. The van der Waals surface area contributed by atoms with Crippen LogP contribution in [-0.2, 0) is 4.79 Å². The second-order valence-electron chi connectivity index (χ2n) is 4.19. The number of anilines is 1. The quantitative estimate of drug-likeness (QED) is 0.572. The Bertz CT molecular complexity index is 722. The van der Waals surface area contributed by atoms with Gasteiger partial charge in [-0.15, -0.1) is 0 Å². The Kier molecular flexibility index (Phi) is 5.51. The van der Waals surface area contributed by atoms with Crippen LogP contribution in [0.4, 0.5) is 11.4 Å². The molecule has 2 aromatic carbocycles. The van der Waals surface area contributed by atoms with Crippen molar-refractivity contribution >= 4 is 49.1 Å². The molecule has 0 radical (unpaired) electrons. The summed E-state index contributed by atoms with van der Waals surface area (Å²) >= 11 is 6.50. The summed E-state index contributed by atoms with van der Waals surface area (Å²) in [5.74, 6) is 0.186. The lowest BCUT2D eigenvalue weighted by Crippen LogP contribution is -2.20. The molecule has 0 spiro atoms. The smallest absolute Gasteiger partial charge is 0.270 e. The second-order valence-corrected chi connectivity index (χ2v) is 5.90. The van der Waals surface area contributed by atoms with E-state index in [1.807, 2.05) is 6.07 Å². The van der Waals surface area contributed by atoms with Crippen LogP contribution >= 0.6 is 31.9 Å². The molecule has 0 saturated heterocycles. The van der Waals surface area contributed by atoms with Crippen LogP contribution in [0.1, 0.15) is 0 Å². The highest BCUT2D eigenvalue weighted by Gasteiger charge is 2.12. The highest BCUT2D eigenvalue weighted by Crippen LogP contribution is 2.27. The molecule has 1 amide bonds. The van der Waals surface area contributed by atoms with E-state index in [1.165, 1.54) is 18.2 Å². The molecule has 0 aliphatic rings. The van der Waals surface area contributed by atoms with E-state index in [0.29, 0.717) is 15.9 Å². The van der Waals surface area contributed by atoms with Gasteiger partial charge in [0, 0.05) is 16.6 Å². The van der Waals surface area contributed by atoms with Crippen molar-refractivity contribution in [1.29, 1.82) is 0 Å². The topological polar surface area (TPSA) is 81.5 Å². The predicted molar refractivity (Wildman–Crippen MR) is 89.1 cm³/mol. The third-order valence-corrected chi connectivity index (χ3v) is 3.94. The lowest BCUT2D eigenvalue weighted by Gasteiger charge is -2.09. The first-order chi connectivity index (χ1) is 10.5. The molecule has 0 bridgehead atoms. The number of amides is 1. The molecule has 2 aromatic rings. The minimum atomic E-state index is -0.508. The molecule has 0 aliphatic heterocycles. The number of para-hydroxylation sites is 1. The van der Waals surface area contributed by atoms with E-state index in [4.69, 9.17) is 4.74 Å². The summed E-state index contributed by atoms with van der Waals surface area (Å²) in [6.45, 7) is -0.175. The fourth-order valence-electron chi connectivity index (χ4n) is 1.61. The number of nitro benzene ring substituents is 1. The van der Waals surface area contributed by atoms with Crippen molar-refractivity contribution in [2.45, 2.75) is 0 Å². The maximum absolute atomic E-state index is 11.9. The van der Waals surface area contributed by atoms with Crippen molar-refractivity contribution in [1.82, 2.24) is 0 Å². The molecule has 0 aromatic heterocycles. The van der Waals surface area contributed by atoms with Crippen molar-refractivity contribution in [2.75, 3.05) is 11.9 Å². The van der Waals surface area contributed by atoms with Crippen molar-refractivity contribution in [2.24, 2.45) is 0 Å². The van der Waals surface area contributed by atoms with Gasteiger partial charge in [-0.2, -0.15) is 0 Å². The standard InChI is InChI=1S/C14H10Br2N2O4/c15-10-3-1-2-4-13(10)22-8-14(19)17-12-6-5-9(18(20)21)7-11(12)16/h1-7H,8H2,(H,17,19). The Balaban J connectivity index is 1.98. The fraction of sp³-hybridized carbons (Fsp3) is 0.0714. The minimum Gasteiger partial charge on any atom is -0.483 e. The van der Waals surface area contributed by atoms with E-state index < -0.39 is 4.92 Å². The number of halogens is 2. The van der Waals surface area contributed by atoms with Gasteiger partial charge in [-0.05, 0) is 50.1 Å². The van der Waals surface area contributed by atoms with Gasteiger partial charge >= 0.3 is 0 Å². The van der Waals surface area contributed by atoms with Crippen LogP contribution in [0.25, 0.3) is 0 Å². The number of nitrogens with zero attached hydrogens (tertiary/aromatic N) is 1. The zero-order chi connectivity index (χ0) is 16.1. The molecule has 2 rings (SSSR count). The van der Waals surface area contributed by atoms with Gasteiger partial charge in [0.2, 0.25) is 0 Å².